The molecule has 0 saturated heterocycles. The summed E-state index contributed by atoms with van der Waals surface area (Å²) in [5, 5.41) is 0. The maximum absolute atomic E-state index is 2.51. The number of allylic oxidation sites excluding steroid dienone is 4. The molecule has 0 saturated carbocycles. The summed E-state index contributed by atoms with van der Waals surface area (Å²) < 4.78 is 6.78. The monoisotopic (exact) mass is 317 g/mol. The Kier molecular flexibility index (Phi) is 6.26. The van der Waals surface area contributed by atoms with Gasteiger partial charge >= 0.3 is 67.0 Å². The molecule has 5 heteroatoms. The van der Waals surface area contributed by atoms with Crippen molar-refractivity contribution >= 4 is 38.6 Å². The molecule has 1 aliphatic carbocycles. The Morgan fingerprint density at radius 3 is 1.92 bits per heavy atom. The Morgan fingerprint density at radius 1 is 1.25 bits per heavy atom. The molecule has 12 heavy (non-hydrogen) atoms. The van der Waals surface area contributed by atoms with Gasteiger partial charge in [-0.15, -0.1) is 24.8 Å². The maximum atomic E-state index is 2.51. The fourth-order valence-corrected chi connectivity index (χ4v) is 7.82. The second-order valence-corrected chi connectivity index (χ2v) is 53.5. The van der Waals surface area contributed by atoms with Crippen molar-refractivity contribution in [1.82, 2.24) is 0 Å². The molecule has 0 aromatic heterocycles. The summed E-state index contributed by atoms with van der Waals surface area (Å²) >= 11 is -2.15. The van der Waals surface area contributed by atoms with Crippen molar-refractivity contribution in [2.24, 2.45) is 0 Å². The van der Waals surface area contributed by atoms with Crippen LogP contribution in [0.25, 0.3) is 0 Å². The normalized spacial score (nSPS) is 16.1. The predicted molar refractivity (Wildman–Crippen MR) is 65.2 cm³/mol. The zero-order valence-corrected chi connectivity index (χ0v) is 14.6. The minimum atomic E-state index is -2.15. The molecule has 0 aliphatic heterocycles. The van der Waals surface area contributed by atoms with Crippen molar-refractivity contribution in [3.8, 4) is 0 Å². The Hall–Kier alpha value is 1.38. The predicted octanol–water partition coefficient (Wildman–Crippen LogP) is 1.56. The van der Waals surface area contributed by atoms with Gasteiger partial charge in [-0.05, 0) is 0 Å². The van der Waals surface area contributed by atoms with Crippen molar-refractivity contribution in [1.29, 1.82) is 0 Å². The van der Waals surface area contributed by atoms with Gasteiger partial charge in [0.1, 0.15) is 0 Å². The van der Waals surface area contributed by atoms with Gasteiger partial charge in [0.15, 0.2) is 0 Å². The van der Waals surface area contributed by atoms with Crippen molar-refractivity contribution in [2.45, 2.75) is 15.7 Å². The third kappa shape index (κ3) is 4.57. The van der Waals surface area contributed by atoms with Crippen LogP contribution < -0.4 is 0 Å². The summed E-state index contributed by atoms with van der Waals surface area (Å²) in [6.07, 6.45) is 8.06. The first kappa shape index (κ1) is 15.8. The molecule has 0 heterocycles. The molecule has 0 bridgehead atoms. The minimum absolute atomic E-state index is 0. The Morgan fingerprint density at radius 2 is 1.75 bits per heavy atom. The molecule has 0 atom stereocenters. The third-order valence-corrected chi connectivity index (χ3v) is 13.5. The van der Waals surface area contributed by atoms with Gasteiger partial charge < -0.3 is 0 Å². The standard InChI is InChI=1S/C5H5.2CH3.2ClH.2H2Si.Zr/c1-2-4-5-3-1;;;;;;;/h1-3H,4H2;2*1H3;2*1H;2*1H2;. The van der Waals surface area contributed by atoms with E-state index in [4.69, 9.17) is 0 Å². The first-order valence-electron chi connectivity index (χ1n) is 3.67. The van der Waals surface area contributed by atoms with Crippen LogP contribution in [-0.2, 0) is 16.0 Å². The Labute approximate surface area is 90.9 Å². The van der Waals surface area contributed by atoms with Gasteiger partial charge in [-0.3, -0.25) is 0 Å². The van der Waals surface area contributed by atoms with E-state index in [9.17, 15) is 0 Å². The second kappa shape index (κ2) is 4.74. The van der Waals surface area contributed by atoms with Gasteiger partial charge in [0, 0.05) is 0 Å². The van der Waals surface area contributed by atoms with Gasteiger partial charge in [-0.2, -0.15) is 0 Å². The van der Waals surface area contributed by atoms with E-state index in [1.807, 2.05) is 0 Å². The molecule has 0 aromatic carbocycles. The van der Waals surface area contributed by atoms with E-state index < -0.39 is 16.0 Å². The molecule has 0 unspecified atom stereocenters. The number of rotatable bonds is 1. The van der Waals surface area contributed by atoms with Gasteiger partial charge in [-0.1, -0.05) is 0 Å². The fourth-order valence-electron chi connectivity index (χ4n) is 1.08. The van der Waals surface area contributed by atoms with E-state index >= 15 is 0 Å². The average Bonchev–Trinajstić information content (AvgIpc) is 2.04. The second-order valence-electron chi connectivity index (χ2n) is 4.34. The molecule has 1 aliphatic rings. The van der Waals surface area contributed by atoms with Crippen LogP contribution >= 0.6 is 24.8 Å². The Bertz CT molecular complexity index is 324. The summed E-state index contributed by atoms with van der Waals surface area (Å²) in [5.41, 5.74) is 0. The molecular weight excluding hydrogens is 302 g/mol. The summed E-state index contributed by atoms with van der Waals surface area (Å²) in [6.45, 7) is 4.58. The van der Waals surface area contributed by atoms with Crippen LogP contribution in [0, 0.1) is 0 Å². The first-order valence-corrected chi connectivity index (χ1v) is 21.7. The molecule has 0 aromatic rings. The van der Waals surface area contributed by atoms with Crippen LogP contribution in [0.2, 0.25) is 9.26 Å². The van der Waals surface area contributed by atoms with E-state index in [2.05, 4.69) is 41.3 Å². The topological polar surface area (TPSA) is 0 Å². The van der Waals surface area contributed by atoms with Crippen LogP contribution in [0.1, 0.15) is 6.42 Å². The zero-order valence-electron chi connectivity index (χ0n) is 7.67. The first-order chi connectivity index (χ1) is 4.36. The van der Waals surface area contributed by atoms with Crippen LogP contribution in [0.4, 0.5) is 0 Å². The van der Waals surface area contributed by atoms with E-state index in [1.165, 1.54) is 6.42 Å². The molecule has 0 N–H and O–H groups in total. The van der Waals surface area contributed by atoms with Crippen molar-refractivity contribution in [2.75, 3.05) is 0 Å². The van der Waals surface area contributed by atoms with Crippen LogP contribution in [0.15, 0.2) is 21.5 Å². The molecule has 0 nitrogen and oxygen atoms in total. The molecule has 1 rings (SSSR count). The zero-order chi connectivity index (χ0) is 7.85. The fraction of sp³-hybridized carbons (Fsp3) is 0.429. The number of hydrogen-bond acceptors (Lipinski definition) is 0. The van der Waals surface area contributed by atoms with Gasteiger partial charge in [0.2, 0.25) is 0 Å². The van der Waals surface area contributed by atoms with Crippen molar-refractivity contribution in [3.05, 3.63) is 21.5 Å². The summed E-state index contributed by atoms with van der Waals surface area (Å²) in [5.74, 6) is 0. The van der Waals surface area contributed by atoms with Crippen LogP contribution in [0.3, 0.4) is 0 Å². The molecule has 0 fully saturated rings. The molecule has 0 amide bonds. The van der Waals surface area contributed by atoms with E-state index in [0.717, 1.165) is 0 Å². The van der Waals surface area contributed by atoms with Crippen molar-refractivity contribution in [3.63, 3.8) is 0 Å². The SMILES string of the molecule is Cl.Cl.[CH3][Zr]([CH3])(=[SiH2])(=[SiH2])[C]1=CC=CC1. The quantitative estimate of drug-likeness (QED) is 0.644. The Balaban J connectivity index is 0. The van der Waals surface area contributed by atoms with Crippen molar-refractivity contribution < 1.29 is 16.0 Å². The summed E-state index contributed by atoms with van der Waals surface area (Å²) in [7, 11) is 0. The molecular formula is C7H17Cl2Si2Zr. The number of hydrogen-bond donors (Lipinski definition) is 0. The van der Waals surface area contributed by atoms with Gasteiger partial charge in [0.25, 0.3) is 0 Å². The molecule has 71 valence electrons. The van der Waals surface area contributed by atoms with E-state index in [-0.39, 0.29) is 24.8 Å². The summed E-state index contributed by atoms with van der Waals surface area (Å²) in [4.78, 5) is 0. The van der Waals surface area contributed by atoms with Gasteiger partial charge in [-0.25, -0.2) is 0 Å². The van der Waals surface area contributed by atoms with Crippen LogP contribution in [0.5, 0.6) is 0 Å². The number of halogens is 2. The molecule has 0 radical (unpaired) electrons. The molecule has 0 spiro atoms. The summed E-state index contributed by atoms with van der Waals surface area (Å²) in [6, 6.07) is 0. The van der Waals surface area contributed by atoms with Crippen LogP contribution in [-0.4, -0.2) is 13.8 Å². The van der Waals surface area contributed by atoms with E-state index in [0.29, 0.717) is 0 Å². The van der Waals surface area contributed by atoms with E-state index in [1.54, 1.807) is 3.28 Å². The third-order valence-electron chi connectivity index (χ3n) is 1.87. The van der Waals surface area contributed by atoms with Gasteiger partial charge in [0.05, 0.1) is 0 Å². The average molecular weight is 320 g/mol.